The summed E-state index contributed by atoms with van der Waals surface area (Å²) in [5.41, 5.74) is 0. The Hall–Kier alpha value is -1.80. The Morgan fingerprint density at radius 3 is 2.61 bits per heavy atom. The minimum Gasteiger partial charge on any atom is -0.327 e. The van der Waals surface area contributed by atoms with Crippen LogP contribution in [-0.4, -0.2) is 58.5 Å². The first-order valence-electron chi connectivity index (χ1n) is 5.31. The van der Waals surface area contributed by atoms with Gasteiger partial charge < -0.3 is 9.80 Å². The SMILES string of the molecule is O=C1NC(=O)N2C3CC(C12)N(C(=O)C(F)(F)F)C3. The third-order valence-corrected chi connectivity index (χ3v) is 3.62. The van der Waals surface area contributed by atoms with E-state index < -0.39 is 42.1 Å². The third-order valence-electron chi connectivity index (χ3n) is 3.62. The zero-order valence-corrected chi connectivity index (χ0v) is 8.90. The lowest BCUT2D eigenvalue weighted by Crippen LogP contribution is -2.57. The van der Waals surface area contributed by atoms with E-state index in [1.807, 2.05) is 5.32 Å². The van der Waals surface area contributed by atoms with Crippen molar-refractivity contribution in [3.63, 3.8) is 0 Å². The van der Waals surface area contributed by atoms with Crippen LogP contribution < -0.4 is 5.32 Å². The number of urea groups is 1. The van der Waals surface area contributed by atoms with Crippen molar-refractivity contribution in [1.29, 1.82) is 0 Å². The van der Waals surface area contributed by atoms with Crippen molar-refractivity contribution in [2.45, 2.75) is 30.7 Å². The minimum absolute atomic E-state index is 0.166. The molecule has 3 atom stereocenters. The highest BCUT2D eigenvalue weighted by Crippen LogP contribution is 2.39. The van der Waals surface area contributed by atoms with Gasteiger partial charge in [-0.25, -0.2) is 4.79 Å². The van der Waals surface area contributed by atoms with E-state index in [1.165, 1.54) is 4.90 Å². The number of amides is 4. The number of likely N-dealkylation sites (tertiary alicyclic amines) is 1. The molecule has 3 fully saturated rings. The van der Waals surface area contributed by atoms with Crippen LogP contribution >= 0.6 is 0 Å². The van der Waals surface area contributed by atoms with Crippen LogP contribution in [0.1, 0.15) is 6.42 Å². The van der Waals surface area contributed by atoms with Gasteiger partial charge in [0.2, 0.25) is 0 Å². The first-order chi connectivity index (χ1) is 8.30. The fourth-order valence-corrected chi connectivity index (χ4v) is 2.99. The number of carbonyl (C=O) groups excluding carboxylic acids is 3. The number of nitrogens with one attached hydrogen (secondary N) is 1. The van der Waals surface area contributed by atoms with Crippen LogP contribution in [0.2, 0.25) is 0 Å². The van der Waals surface area contributed by atoms with Gasteiger partial charge in [0.1, 0.15) is 6.04 Å². The van der Waals surface area contributed by atoms with Crippen molar-refractivity contribution in [2.75, 3.05) is 6.54 Å². The molecule has 3 heterocycles. The van der Waals surface area contributed by atoms with Crippen molar-refractivity contribution in [1.82, 2.24) is 15.1 Å². The Bertz CT molecular complexity index is 464. The maximum absolute atomic E-state index is 12.4. The van der Waals surface area contributed by atoms with Gasteiger partial charge in [-0.1, -0.05) is 0 Å². The second-order valence-corrected chi connectivity index (χ2v) is 4.56. The molecule has 0 saturated carbocycles. The lowest BCUT2D eigenvalue weighted by molar-refractivity contribution is -0.188. The van der Waals surface area contributed by atoms with Crippen molar-refractivity contribution in [3.8, 4) is 0 Å². The van der Waals surface area contributed by atoms with E-state index >= 15 is 0 Å². The summed E-state index contributed by atoms with van der Waals surface area (Å²) in [7, 11) is 0. The zero-order valence-electron chi connectivity index (χ0n) is 8.90. The molecule has 3 aliphatic heterocycles. The third kappa shape index (κ3) is 1.27. The molecule has 4 amide bonds. The Morgan fingerprint density at radius 2 is 2.00 bits per heavy atom. The molecule has 3 saturated heterocycles. The molecule has 18 heavy (non-hydrogen) atoms. The number of hydrogen-bond acceptors (Lipinski definition) is 3. The average Bonchev–Trinajstić information content (AvgIpc) is 2.88. The van der Waals surface area contributed by atoms with Crippen LogP contribution in [0.3, 0.4) is 0 Å². The average molecular weight is 263 g/mol. The van der Waals surface area contributed by atoms with E-state index in [2.05, 4.69) is 0 Å². The monoisotopic (exact) mass is 263 g/mol. The summed E-state index contributed by atoms with van der Waals surface area (Å²) in [4.78, 5) is 36.0. The lowest BCUT2D eigenvalue weighted by Gasteiger charge is -2.35. The first-order valence-corrected chi connectivity index (χ1v) is 5.31. The van der Waals surface area contributed by atoms with Crippen LogP contribution in [-0.2, 0) is 9.59 Å². The first kappa shape index (κ1) is 11.3. The number of carbonyl (C=O) groups is 3. The molecule has 0 aliphatic carbocycles. The number of alkyl halides is 3. The summed E-state index contributed by atoms with van der Waals surface area (Å²) >= 11 is 0. The summed E-state index contributed by atoms with van der Waals surface area (Å²) in [6, 6.07) is -2.92. The fraction of sp³-hybridized carbons (Fsp3) is 0.667. The maximum Gasteiger partial charge on any atom is 0.471 e. The van der Waals surface area contributed by atoms with E-state index in [4.69, 9.17) is 0 Å². The van der Waals surface area contributed by atoms with E-state index in [0.29, 0.717) is 4.90 Å². The summed E-state index contributed by atoms with van der Waals surface area (Å²) in [6.07, 6.45) is -4.72. The van der Waals surface area contributed by atoms with Gasteiger partial charge in [0.15, 0.2) is 0 Å². The molecule has 3 rings (SSSR count). The van der Waals surface area contributed by atoms with E-state index in [0.717, 1.165) is 0 Å². The van der Waals surface area contributed by atoms with Gasteiger partial charge in [0.25, 0.3) is 5.91 Å². The standard InChI is InChI=1S/C9H8F3N3O3/c10-9(11,12)7(17)14-2-3-1-4(14)5-6(16)13-8(18)15(3)5/h3-5H,1-2H2,(H,13,16,18). The van der Waals surface area contributed by atoms with Crippen LogP contribution in [0.25, 0.3) is 0 Å². The van der Waals surface area contributed by atoms with E-state index in [1.54, 1.807) is 0 Å². The number of halogens is 3. The van der Waals surface area contributed by atoms with Crippen molar-refractivity contribution in [2.24, 2.45) is 0 Å². The van der Waals surface area contributed by atoms with Crippen LogP contribution in [0.5, 0.6) is 0 Å². The second-order valence-electron chi connectivity index (χ2n) is 4.56. The molecule has 0 aromatic carbocycles. The molecule has 0 radical (unpaired) electrons. The molecule has 98 valence electrons. The highest BCUT2D eigenvalue weighted by atomic mass is 19.4. The molecule has 0 aromatic heterocycles. The summed E-state index contributed by atoms with van der Waals surface area (Å²) in [6.45, 7) is -0.166. The van der Waals surface area contributed by atoms with Gasteiger partial charge in [-0.2, -0.15) is 13.2 Å². The largest absolute Gasteiger partial charge is 0.471 e. The number of nitrogens with zero attached hydrogens (tertiary/aromatic N) is 2. The molecule has 9 heteroatoms. The number of fused-ring (bicyclic) bond motifs is 5. The summed E-state index contributed by atoms with van der Waals surface area (Å²) in [5.74, 6) is -2.58. The molecule has 6 nitrogen and oxygen atoms in total. The highest BCUT2D eigenvalue weighted by Gasteiger charge is 2.62. The number of hydrogen-bond donors (Lipinski definition) is 1. The molecule has 3 aliphatic rings. The fourth-order valence-electron chi connectivity index (χ4n) is 2.99. The highest BCUT2D eigenvalue weighted by molar-refractivity contribution is 6.06. The van der Waals surface area contributed by atoms with Crippen molar-refractivity contribution in [3.05, 3.63) is 0 Å². The van der Waals surface area contributed by atoms with Gasteiger partial charge in [-0.3, -0.25) is 14.9 Å². The van der Waals surface area contributed by atoms with Crippen molar-refractivity contribution >= 4 is 17.8 Å². The van der Waals surface area contributed by atoms with Crippen LogP contribution in [0.4, 0.5) is 18.0 Å². The Kier molecular flexibility index (Phi) is 1.98. The van der Waals surface area contributed by atoms with Gasteiger partial charge in [0.05, 0.1) is 12.1 Å². The Balaban J connectivity index is 1.88. The van der Waals surface area contributed by atoms with Gasteiger partial charge in [-0.15, -0.1) is 0 Å². The predicted molar refractivity (Wildman–Crippen MR) is 49.1 cm³/mol. The van der Waals surface area contributed by atoms with E-state index in [-0.39, 0.29) is 13.0 Å². The molecule has 3 unspecified atom stereocenters. The molecule has 0 aromatic rings. The number of imide groups is 1. The molecule has 0 spiro atoms. The molecular formula is C9H8F3N3O3. The van der Waals surface area contributed by atoms with Crippen LogP contribution in [0, 0.1) is 0 Å². The van der Waals surface area contributed by atoms with Crippen molar-refractivity contribution < 1.29 is 27.6 Å². The number of rotatable bonds is 0. The van der Waals surface area contributed by atoms with E-state index in [9.17, 15) is 27.6 Å². The zero-order chi connectivity index (χ0) is 13.2. The summed E-state index contributed by atoms with van der Waals surface area (Å²) in [5, 5.41) is 2.05. The lowest BCUT2D eigenvalue weighted by atomic mass is 10.1. The molecular weight excluding hydrogens is 255 g/mol. The maximum atomic E-state index is 12.4. The molecule has 1 N–H and O–H groups in total. The normalized spacial score (nSPS) is 34.1. The minimum atomic E-state index is -4.95. The Labute approximate surface area is 98.7 Å². The van der Waals surface area contributed by atoms with Crippen LogP contribution in [0.15, 0.2) is 0 Å². The van der Waals surface area contributed by atoms with Gasteiger partial charge >= 0.3 is 18.1 Å². The van der Waals surface area contributed by atoms with Gasteiger partial charge in [-0.05, 0) is 6.42 Å². The topological polar surface area (TPSA) is 69.7 Å². The van der Waals surface area contributed by atoms with Gasteiger partial charge in [0, 0.05) is 6.54 Å². The predicted octanol–water partition coefficient (Wildman–Crippen LogP) is -0.548. The Morgan fingerprint density at radius 1 is 1.33 bits per heavy atom. The second kappa shape index (κ2) is 3.15. The summed E-state index contributed by atoms with van der Waals surface area (Å²) < 4.78 is 37.1. The quantitative estimate of drug-likeness (QED) is 0.596. The smallest absolute Gasteiger partial charge is 0.327 e. The molecule has 2 bridgehead atoms. The number of piperazine rings is 1.